The highest BCUT2D eigenvalue weighted by atomic mass is 16.5. The van der Waals surface area contributed by atoms with E-state index in [0.29, 0.717) is 18.3 Å². The summed E-state index contributed by atoms with van der Waals surface area (Å²) in [5, 5.41) is 0. The predicted octanol–water partition coefficient (Wildman–Crippen LogP) is 3.60. The number of rotatable bonds is 4. The van der Waals surface area contributed by atoms with Crippen LogP contribution in [0, 0.1) is 6.92 Å². The molecule has 4 nitrogen and oxygen atoms in total. The van der Waals surface area contributed by atoms with Crippen LogP contribution in [0.15, 0.2) is 24.3 Å². The summed E-state index contributed by atoms with van der Waals surface area (Å²) in [6.45, 7) is 2.33. The SMILES string of the molecule is COCc1nc(C)cc(Oc2cccc3c2CCCC3)n1. The van der Waals surface area contributed by atoms with Gasteiger partial charge < -0.3 is 9.47 Å². The van der Waals surface area contributed by atoms with Crippen molar-refractivity contribution in [3.63, 3.8) is 0 Å². The van der Waals surface area contributed by atoms with Crippen LogP contribution in [0.25, 0.3) is 0 Å². The highest BCUT2D eigenvalue weighted by Crippen LogP contribution is 2.32. The maximum atomic E-state index is 6.04. The summed E-state index contributed by atoms with van der Waals surface area (Å²) < 4.78 is 11.1. The molecule has 1 aliphatic carbocycles. The van der Waals surface area contributed by atoms with E-state index in [9.17, 15) is 0 Å². The van der Waals surface area contributed by atoms with Crippen molar-refractivity contribution in [3.05, 3.63) is 46.9 Å². The van der Waals surface area contributed by atoms with Gasteiger partial charge in [-0.15, -0.1) is 0 Å². The Morgan fingerprint density at radius 1 is 1.14 bits per heavy atom. The van der Waals surface area contributed by atoms with Crippen LogP contribution in [-0.4, -0.2) is 17.1 Å². The van der Waals surface area contributed by atoms with Crippen molar-refractivity contribution in [1.29, 1.82) is 0 Å². The van der Waals surface area contributed by atoms with Crippen molar-refractivity contribution < 1.29 is 9.47 Å². The summed E-state index contributed by atoms with van der Waals surface area (Å²) in [6, 6.07) is 8.14. The minimum absolute atomic E-state index is 0.394. The molecule has 1 heterocycles. The molecule has 2 aromatic rings. The highest BCUT2D eigenvalue weighted by Gasteiger charge is 2.15. The molecular weight excluding hydrogens is 264 g/mol. The van der Waals surface area contributed by atoms with Gasteiger partial charge in [0.15, 0.2) is 5.82 Å². The first-order valence-electron chi connectivity index (χ1n) is 7.38. The van der Waals surface area contributed by atoms with E-state index in [1.165, 1.54) is 24.0 Å². The first-order valence-corrected chi connectivity index (χ1v) is 7.38. The van der Waals surface area contributed by atoms with Gasteiger partial charge in [0, 0.05) is 18.9 Å². The minimum Gasteiger partial charge on any atom is -0.439 e. The van der Waals surface area contributed by atoms with Crippen molar-refractivity contribution >= 4 is 0 Å². The molecule has 0 saturated heterocycles. The fourth-order valence-corrected chi connectivity index (χ4v) is 2.80. The molecule has 0 fully saturated rings. The molecule has 0 unspecified atom stereocenters. The molecule has 1 aromatic heterocycles. The number of benzene rings is 1. The lowest BCUT2D eigenvalue weighted by Gasteiger charge is -2.19. The van der Waals surface area contributed by atoms with Gasteiger partial charge in [0.2, 0.25) is 5.88 Å². The van der Waals surface area contributed by atoms with Crippen LogP contribution < -0.4 is 4.74 Å². The van der Waals surface area contributed by atoms with E-state index in [-0.39, 0.29) is 0 Å². The van der Waals surface area contributed by atoms with Crippen molar-refractivity contribution in [3.8, 4) is 11.6 Å². The Kier molecular flexibility index (Phi) is 4.15. The van der Waals surface area contributed by atoms with Gasteiger partial charge in [-0.2, -0.15) is 4.98 Å². The zero-order chi connectivity index (χ0) is 14.7. The van der Waals surface area contributed by atoms with Crippen LogP contribution >= 0.6 is 0 Å². The van der Waals surface area contributed by atoms with Gasteiger partial charge >= 0.3 is 0 Å². The first kappa shape index (κ1) is 14.0. The van der Waals surface area contributed by atoms with Crippen LogP contribution in [0.4, 0.5) is 0 Å². The lowest BCUT2D eigenvalue weighted by atomic mass is 9.91. The molecule has 0 aliphatic heterocycles. The monoisotopic (exact) mass is 284 g/mol. The maximum absolute atomic E-state index is 6.04. The summed E-state index contributed by atoms with van der Waals surface area (Å²) in [5.41, 5.74) is 3.62. The molecule has 4 heteroatoms. The van der Waals surface area contributed by atoms with E-state index in [0.717, 1.165) is 24.3 Å². The summed E-state index contributed by atoms with van der Waals surface area (Å²) >= 11 is 0. The quantitative estimate of drug-likeness (QED) is 0.860. The van der Waals surface area contributed by atoms with E-state index < -0.39 is 0 Å². The average Bonchev–Trinajstić information content (AvgIpc) is 2.47. The molecule has 3 rings (SSSR count). The lowest BCUT2D eigenvalue weighted by Crippen LogP contribution is -2.05. The van der Waals surface area contributed by atoms with E-state index in [2.05, 4.69) is 22.1 Å². The summed E-state index contributed by atoms with van der Waals surface area (Å²) in [4.78, 5) is 8.75. The van der Waals surface area contributed by atoms with Crippen molar-refractivity contribution in [1.82, 2.24) is 9.97 Å². The van der Waals surface area contributed by atoms with E-state index in [4.69, 9.17) is 9.47 Å². The average molecular weight is 284 g/mol. The van der Waals surface area contributed by atoms with Gasteiger partial charge in [-0.25, -0.2) is 4.98 Å². The number of methoxy groups -OCH3 is 1. The molecule has 0 saturated carbocycles. The lowest BCUT2D eigenvalue weighted by molar-refractivity contribution is 0.177. The summed E-state index contributed by atoms with van der Waals surface area (Å²) in [5.74, 6) is 2.17. The largest absolute Gasteiger partial charge is 0.439 e. The molecular formula is C17H20N2O2. The number of aromatic nitrogens is 2. The van der Waals surface area contributed by atoms with Crippen molar-refractivity contribution in [2.45, 2.75) is 39.2 Å². The molecule has 0 spiro atoms. The van der Waals surface area contributed by atoms with Gasteiger partial charge in [-0.1, -0.05) is 12.1 Å². The third-order valence-electron chi connectivity index (χ3n) is 3.72. The molecule has 110 valence electrons. The second kappa shape index (κ2) is 6.22. The molecule has 0 N–H and O–H groups in total. The number of fused-ring (bicyclic) bond motifs is 1. The number of ether oxygens (including phenoxy) is 2. The Hall–Kier alpha value is -1.94. The standard InChI is InChI=1S/C17H20N2O2/c1-12-10-17(19-16(18-12)11-20-2)21-15-9-5-7-13-6-3-4-8-14(13)15/h5,7,9-10H,3-4,6,8,11H2,1-2H3. The van der Waals surface area contributed by atoms with Crippen LogP contribution in [0.1, 0.15) is 35.5 Å². The van der Waals surface area contributed by atoms with Gasteiger partial charge in [0.25, 0.3) is 0 Å². The predicted molar refractivity (Wildman–Crippen MR) is 80.6 cm³/mol. The number of nitrogens with zero attached hydrogens (tertiary/aromatic N) is 2. The molecule has 0 radical (unpaired) electrons. The molecule has 1 aromatic carbocycles. The Morgan fingerprint density at radius 3 is 2.86 bits per heavy atom. The third kappa shape index (κ3) is 3.22. The molecule has 0 bridgehead atoms. The smallest absolute Gasteiger partial charge is 0.222 e. The summed E-state index contributed by atoms with van der Waals surface area (Å²) in [7, 11) is 1.64. The Bertz CT molecular complexity index is 641. The van der Waals surface area contributed by atoms with Gasteiger partial charge in [-0.3, -0.25) is 0 Å². The van der Waals surface area contributed by atoms with E-state index in [1.807, 2.05) is 19.1 Å². The first-order chi connectivity index (χ1) is 10.3. The zero-order valence-electron chi connectivity index (χ0n) is 12.6. The fourth-order valence-electron chi connectivity index (χ4n) is 2.80. The Morgan fingerprint density at radius 2 is 2.00 bits per heavy atom. The molecule has 0 amide bonds. The maximum Gasteiger partial charge on any atom is 0.222 e. The Labute approximate surface area is 125 Å². The minimum atomic E-state index is 0.394. The van der Waals surface area contributed by atoms with Gasteiger partial charge in [-0.05, 0) is 49.8 Å². The topological polar surface area (TPSA) is 44.2 Å². The van der Waals surface area contributed by atoms with E-state index >= 15 is 0 Å². The number of hydrogen-bond donors (Lipinski definition) is 0. The Balaban J connectivity index is 1.90. The molecule has 21 heavy (non-hydrogen) atoms. The van der Waals surface area contributed by atoms with Crippen molar-refractivity contribution in [2.75, 3.05) is 7.11 Å². The normalized spacial score (nSPS) is 13.8. The van der Waals surface area contributed by atoms with Crippen LogP contribution in [-0.2, 0) is 24.2 Å². The second-order valence-corrected chi connectivity index (χ2v) is 5.40. The van der Waals surface area contributed by atoms with Gasteiger partial charge in [0.1, 0.15) is 12.4 Å². The van der Waals surface area contributed by atoms with Crippen LogP contribution in [0.3, 0.4) is 0 Å². The molecule has 0 atom stereocenters. The second-order valence-electron chi connectivity index (χ2n) is 5.40. The molecule has 1 aliphatic rings. The van der Waals surface area contributed by atoms with Gasteiger partial charge in [0.05, 0.1) is 0 Å². The zero-order valence-corrected chi connectivity index (χ0v) is 12.6. The van der Waals surface area contributed by atoms with E-state index in [1.54, 1.807) is 7.11 Å². The number of hydrogen-bond acceptors (Lipinski definition) is 4. The summed E-state index contributed by atoms with van der Waals surface area (Å²) in [6.07, 6.45) is 4.72. The third-order valence-corrected chi connectivity index (χ3v) is 3.72. The number of aryl methyl sites for hydroxylation is 2. The van der Waals surface area contributed by atoms with Crippen LogP contribution in [0.2, 0.25) is 0 Å². The highest BCUT2D eigenvalue weighted by molar-refractivity contribution is 5.43. The van der Waals surface area contributed by atoms with Crippen molar-refractivity contribution in [2.24, 2.45) is 0 Å². The van der Waals surface area contributed by atoms with Crippen LogP contribution in [0.5, 0.6) is 11.6 Å². The fraction of sp³-hybridized carbons (Fsp3) is 0.412.